The Morgan fingerprint density at radius 2 is 1.71 bits per heavy atom. The van der Waals surface area contributed by atoms with E-state index in [0.717, 1.165) is 39.5 Å². The van der Waals surface area contributed by atoms with Gasteiger partial charge in [-0.25, -0.2) is 4.39 Å². The van der Waals surface area contributed by atoms with Crippen LogP contribution in [-0.4, -0.2) is 5.78 Å². The fourth-order valence-electron chi connectivity index (χ4n) is 4.13. The Morgan fingerprint density at radius 3 is 2.46 bits per heavy atom. The molecular weight excluding hydrogens is 371 g/mol. The molecule has 1 aliphatic heterocycles. The van der Waals surface area contributed by atoms with E-state index in [-0.39, 0.29) is 23.6 Å². The maximum absolute atomic E-state index is 13.3. The third kappa shape index (κ3) is 3.02. The van der Waals surface area contributed by atoms with Crippen molar-refractivity contribution in [2.75, 3.05) is 10.6 Å². The highest BCUT2D eigenvalue weighted by Gasteiger charge is 2.36. The van der Waals surface area contributed by atoms with Crippen molar-refractivity contribution in [2.24, 2.45) is 0 Å². The van der Waals surface area contributed by atoms with Crippen LogP contribution in [0.4, 0.5) is 15.8 Å². The minimum Gasteiger partial charge on any atom is -0.372 e. The molecule has 28 heavy (non-hydrogen) atoms. The quantitative estimate of drug-likeness (QED) is 0.575. The Kier molecular flexibility index (Phi) is 4.24. The first-order chi connectivity index (χ1) is 13.7. The van der Waals surface area contributed by atoms with E-state index in [9.17, 15) is 9.18 Å². The lowest BCUT2D eigenvalue weighted by Gasteiger charge is -2.29. The highest BCUT2D eigenvalue weighted by atomic mass is 32.1. The smallest absolute Gasteiger partial charge is 0.163 e. The zero-order valence-corrected chi connectivity index (χ0v) is 15.9. The molecule has 0 bridgehead atoms. The van der Waals surface area contributed by atoms with Crippen LogP contribution in [0.25, 0.3) is 0 Å². The molecule has 2 atom stereocenters. The zero-order valence-electron chi connectivity index (χ0n) is 15.1. The first-order valence-electron chi connectivity index (χ1n) is 9.37. The molecule has 2 aliphatic rings. The molecule has 0 fully saturated rings. The largest absolute Gasteiger partial charge is 0.372 e. The highest BCUT2D eigenvalue weighted by Crippen LogP contribution is 2.44. The van der Waals surface area contributed by atoms with Gasteiger partial charge in [-0.1, -0.05) is 30.3 Å². The third-order valence-corrected chi connectivity index (χ3v) is 6.42. The fourth-order valence-corrected chi connectivity index (χ4v) is 4.92. The molecule has 140 valence electrons. The highest BCUT2D eigenvalue weighted by molar-refractivity contribution is 7.10. The van der Waals surface area contributed by atoms with E-state index in [1.165, 1.54) is 12.1 Å². The SMILES string of the molecule is O=C1C[C@H](c2ccc(F)cc2)CC2=C1[C@@H](c1cccs1)Nc1ccccc1N2. The molecule has 2 aromatic carbocycles. The Hall–Kier alpha value is -2.92. The number of thiophene rings is 1. The summed E-state index contributed by atoms with van der Waals surface area (Å²) in [6.45, 7) is 0. The topological polar surface area (TPSA) is 41.1 Å². The van der Waals surface area contributed by atoms with Crippen LogP contribution < -0.4 is 10.6 Å². The van der Waals surface area contributed by atoms with Crippen molar-refractivity contribution in [3.05, 3.63) is 93.6 Å². The molecule has 1 aliphatic carbocycles. The number of hydrogen-bond acceptors (Lipinski definition) is 4. The van der Waals surface area contributed by atoms with E-state index in [1.54, 1.807) is 23.5 Å². The normalized spacial score (nSPS) is 21.2. The number of fused-ring (bicyclic) bond motifs is 1. The molecule has 0 radical (unpaired) electrons. The van der Waals surface area contributed by atoms with E-state index in [4.69, 9.17) is 0 Å². The average Bonchev–Trinajstić information content (AvgIpc) is 3.17. The van der Waals surface area contributed by atoms with Gasteiger partial charge in [0, 0.05) is 22.6 Å². The van der Waals surface area contributed by atoms with Gasteiger partial charge in [0.15, 0.2) is 5.78 Å². The predicted octanol–water partition coefficient (Wildman–Crippen LogP) is 5.87. The zero-order chi connectivity index (χ0) is 19.1. The summed E-state index contributed by atoms with van der Waals surface area (Å²) in [5.41, 5.74) is 4.74. The van der Waals surface area contributed by atoms with E-state index >= 15 is 0 Å². The number of allylic oxidation sites excluding steroid dienone is 1. The van der Waals surface area contributed by atoms with Crippen molar-refractivity contribution in [3.8, 4) is 0 Å². The van der Waals surface area contributed by atoms with Gasteiger partial charge in [-0.3, -0.25) is 4.79 Å². The number of rotatable bonds is 2. The minimum atomic E-state index is -0.255. The van der Waals surface area contributed by atoms with Gasteiger partial charge in [-0.2, -0.15) is 0 Å². The number of carbonyl (C=O) groups is 1. The van der Waals surface area contributed by atoms with Crippen molar-refractivity contribution in [1.82, 2.24) is 0 Å². The lowest BCUT2D eigenvalue weighted by molar-refractivity contribution is -0.116. The van der Waals surface area contributed by atoms with Crippen molar-refractivity contribution in [3.63, 3.8) is 0 Å². The second-order valence-electron chi connectivity index (χ2n) is 7.24. The monoisotopic (exact) mass is 390 g/mol. The summed E-state index contributed by atoms with van der Waals surface area (Å²) in [7, 11) is 0. The Morgan fingerprint density at radius 1 is 0.929 bits per heavy atom. The summed E-state index contributed by atoms with van der Waals surface area (Å²) < 4.78 is 13.3. The maximum Gasteiger partial charge on any atom is 0.163 e. The summed E-state index contributed by atoms with van der Waals surface area (Å²) in [5, 5.41) is 9.13. The molecule has 5 rings (SSSR count). The molecule has 0 unspecified atom stereocenters. The fraction of sp³-hybridized carbons (Fsp3) is 0.174. The second kappa shape index (κ2) is 6.91. The van der Waals surface area contributed by atoms with Gasteiger partial charge in [0.1, 0.15) is 5.82 Å². The number of Topliss-reactive ketones (excluding diaryl/α,β-unsaturated/α-hetero) is 1. The number of hydrogen-bond donors (Lipinski definition) is 2. The molecule has 2 N–H and O–H groups in total. The van der Waals surface area contributed by atoms with Crippen LogP contribution in [0.1, 0.15) is 35.2 Å². The van der Waals surface area contributed by atoms with E-state index in [2.05, 4.69) is 16.7 Å². The lowest BCUT2D eigenvalue weighted by Crippen LogP contribution is -2.26. The Balaban J connectivity index is 1.59. The molecule has 3 nitrogen and oxygen atoms in total. The molecule has 0 spiro atoms. The van der Waals surface area contributed by atoms with Crippen LogP contribution in [0.2, 0.25) is 0 Å². The maximum atomic E-state index is 13.3. The van der Waals surface area contributed by atoms with Crippen molar-refractivity contribution >= 4 is 28.5 Å². The Bertz CT molecular complexity index is 1060. The van der Waals surface area contributed by atoms with Gasteiger partial charge < -0.3 is 10.6 Å². The Labute approximate surface area is 166 Å². The van der Waals surface area contributed by atoms with Gasteiger partial charge in [-0.05, 0) is 53.6 Å². The van der Waals surface area contributed by atoms with Crippen LogP contribution in [0.3, 0.4) is 0 Å². The molecule has 0 amide bonds. The molecule has 0 saturated heterocycles. The summed E-state index contributed by atoms with van der Waals surface area (Å²) >= 11 is 1.65. The summed E-state index contributed by atoms with van der Waals surface area (Å²) in [6, 6.07) is 18.5. The number of halogens is 1. The molecule has 1 aromatic heterocycles. The minimum absolute atomic E-state index is 0.0496. The molecular formula is C23H19FN2OS. The summed E-state index contributed by atoms with van der Waals surface area (Å²) in [5.74, 6) is -0.0651. The van der Waals surface area contributed by atoms with Crippen LogP contribution in [0.15, 0.2) is 77.3 Å². The second-order valence-corrected chi connectivity index (χ2v) is 8.21. The number of anilines is 2. The summed E-state index contributed by atoms with van der Waals surface area (Å²) in [6.07, 6.45) is 1.16. The number of carbonyl (C=O) groups excluding carboxylic acids is 1. The molecule has 0 saturated carbocycles. The summed E-state index contributed by atoms with van der Waals surface area (Å²) in [4.78, 5) is 14.4. The number of benzene rings is 2. The van der Waals surface area contributed by atoms with Gasteiger partial charge >= 0.3 is 0 Å². The first-order valence-corrected chi connectivity index (χ1v) is 10.2. The number of nitrogens with one attached hydrogen (secondary N) is 2. The van der Waals surface area contributed by atoms with Crippen molar-refractivity contribution in [2.45, 2.75) is 24.8 Å². The first kappa shape index (κ1) is 17.2. The average molecular weight is 390 g/mol. The van der Waals surface area contributed by atoms with Crippen LogP contribution in [-0.2, 0) is 4.79 Å². The number of para-hydroxylation sites is 2. The number of ketones is 1. The van der Waals surface area contributed by atoms with Gasteiger partial charge in [-0.15, -0.1) is 11.3 Å². The molecule has 3 aromatic rings. The van der Waals surface area contributed by atoms with E-state index in [0.29, 0.717) is 6.42 Å². The predicted molar refractivity (Wildman–Crippen MR) is 111 cm³/mol. The van der Waals surface area contributed by atoms with Gasteiger partial charge in [0.05, 0.1) is 17.4 Å². The van der Waals surface area contributed by atoms with Gasteiger partial charge in [0.2, 0.25) is 0 Å². The van der Waals surface area contributed by atoms with E-state index in [1.807, 2.05) is 35.7 Å². The van der Waals surface area contributed by atoms with Crippen LogP contribution in [0.5, 0.6) is 0 Å². The van der Waals surface area contributed by atoms with Crippen LogP contribution >= 0.6 is 11.3 Å². The molecule has 5 heteroatoms. The van der Waals surface area contributed by atoms with Crippen LogP contribution in [0, 0.1) is 5.82 Å². The molecule has 2 heterocycles. The third-order valence-electron chi connectivity index (χ3n) is 5.48. The van der Waals surface area contributed by atoms with E-state index < -0.39 is 0 Å². The standard InChI is InChI=1S/C23H19FN2OS/c24-16-9-7-14(8-10-16)15-12-19-22(20(27)13-15)23(21-6-3-11-28-21)26-18-5-2-1-4-17(18)25-19/h1-11,15,23,25-26H,12-13H2/t15-,23-/m1/s1. The van der Waals surface area contributed by atoms with Crippen molar-refractivity contribution < 1.29 is 9.18 Å². The lowest BCUT2D eigenvalue weighted by atomic mass is 9.79. The van der Waals surface area contributed by atoms with Gasteiger partial charge in [0.25, 0.3) is 0 Å². The van der Waals surface area contributed by atoms with Crippen molar-refractivity contribution in [1.29, 1.82) is 0 Å².